The summed E-state index contributed by atoms with van der Waals surface area (Å²) < 4.78 is 0. The maximum absolute atomic E-state index is 4.73. The van der Waals surface area contributed by atoms with Crippen LogP contribution in [0.1, 0.15) is 37.8 Å². The topological polar surface area (TPSA) is 42.9 Å². The maximum atomic E-state index is 4.73. The van der Waals surface area contributed by atoms with E-state index in [1.54, 1.807) is 0 Å². The highest BCUT2D eigenvalue weighted by Gasteiger charge is 2.14. The van der Waals surface area contributed by atoms with Crippen LogP contribution in [0.3, 0.4) is 0 Å². The van der Waals surface area contributed by atoms with Gasteiger partial charge in [-0.1, -0.05) is 31.2 Å². The van der Waals surface area contributed by atoms with Gasteiger partial charge in [0.1, 0.15) is 0 Å². The lowest BCUT2D eigenvalue weighted by atomic mass is 10.1. The van der Waals surface area contributed by atoms with E-state index in [4.69, 9.17) is 4.99 Å². The van der Waals surface area contributed by atoms with Gasteiger partial charge in [0, 0.05) is 39.3 Å². The van der Waals surface area contributed by atoms with E-state index in [-0.39, 0.29) is 0 Å². The van der Waals surface area contributed by atoms with E-state index in [9.17, 15) is 0 Å². The first-order chi connectivity index (χ1) is 12.7. The van der Waals surface area contributed by atoms with E-state index in [1.807, 2.05) is 0 Å². The van der Waals surface area contributed by atoms with Crippen LogP contribution in [-0.2, 0) is 6.54 Å². The number of hydrogen-bond acceptors (Lipinski definition) is 3. The van der Waals surface area contributed by atoms with E-state index in [1.165, 1.54) is 63.2 Å². The standard InChI is InChI=1S/C21H37N5/c1-4-22-21(24-18-20-11-7-6-10-19(20)3)23-12-8-9-13-26-16-14-25(5-2)15-17-26/h6-7,10-11H,4-5,8-9,12-18H2,1-3H3,(H2,22,23,24). The molecule has 0 saturated carbocycles. The van der Waals surface area contributed by atoms with Crippen LogP contribution in [0.15, 0.2) is 29.3 Å². The van der Waals surface area contributed by atoms with Crippen LogP contribution >= 0.6 is 0 Å². The van der Waals surface area contributed by atoms with Gasteiger partial charge in [0.2, 0.25) is 0 Å². The molecule has 2 rings (SSSR count). The third-order valence-corrected chi connectivity index (χ3v) is 5.12. The first-order valence-electron chi connectivity index (χ1n) is 10.2. The monoisotopic (exact) mass is 359 g/mol. The summed E-state index contributed by atoms with van der Waals surface area (Å²) in [5.41, 5.74) is 2.59. The first kappa shape index (κ1) is 20.7. The van der Waals surface area contributed by atoms with Crippen LogP contribution in [0.4, 0.5) is 0 Å². The van der Waals surface area contributed by atoms with E-state index in [0.29, 0.717) is 0 Å². The molecule has 2 N–H and O–H groups in total. The Bertz CT molecular complexity index is 535. The zero-order valence-corrected chi connectivity index (χ0v) is 16.9. The molecule has 0 radical (unpaired) electrons. The average molecular weight is 360 g/mol. The summed E-state index contributed by atoms with van der Waals surface area (Å²) in [5.74, 6) is 0.923. The minimum absolute atomic E-state index is 0.726. The zero-order chi connectivity index (χ0) is 18.6. The Hall–Kier alpha value is -1.59. The van der Waals surface area contributed by atoms with Gasteiger partial charge in [-0.05, 0) is 50.9 Å². The fourth-order valence-corrected chi connectivity index (χ4v) is 3.29. The van der Waals surface area contributed by atoms with Gasteiger partial charge in [0.05, 0.1) is 6.54 Å². The number of unbranched alkanes of at least 4 members (excludes halogenated alkanes) is 1. The van der Waals surface area contributed by atoms with Gasteiger partial charge in [0.25, 0.3) is 0 Å². The Morgan fingerprint density at radius 2 is 1.73 bits per heavy atom. The third kappa shape index (κ3) is 7.34. The number of guanidine groups is 1. The van der Waals surface area contributed by atoms with E-state index < -0.39 is 0 Å². The molecule has 0 amide bonds. The lowest BCUT2D eigenvalue weighted by Gasteiger charge is -2.34. The predicted molar refractivity (Wildman–Crippen MR) is 112 cm³/mol. The minimum atomic E-state index is 0.726. The summed E-state index contributed by atoms with van der Waals surface area (Å²) in [7, 11) is 0. The highest BCUT2D eigenvalue weighted by Crippen LogP contribution is 2.08. The van der Waals surface area contributed by atoms with Gasteiger partial charge in [0.15, 0.2) is 5.96 Å². The number of aryl methyl sites for hydroxylation is 1. The predicted octanol–water partition coefficient (Wildman–Crippen LogP) is 2.47. The molecule has 0 atom stereocenters. The van der Waals surface area contributed by atoms with Crippen molar-refractivity contribution in [3.63, 3.8) is 0 Å². The number of nitrogens with one attached hydrogen (secondary N) is 2. The zero-order valence-electron chi connectivity index (χ0n) is 16.9. The second-order valence-corrected chi connectivity index (χ2v) is 7.03. The van der Waals surface area contributed by atoms with Crippen LogP contribution in [0.5, 0.6) is 0 Å². The van der Waals surface area contributed by atoms with Gasteiger partial charge in [-0.2, -0.15) is 0 Å². The summed E-state index contributed by atoms with van der Waals surface area (Å²) in [6, 6.07) is 8.46. The molecule has 1 aliphatic rings. The van der Waals surface area contributed by atoms with Gasteiger partial charge >= 0.3 is 0 Å². The SMILES string of the molecule is CCNC(=NCc1ccccc1C)NCCCCN1CCN(CC)CC1. The molecule has 5 heteroatoms. The highest BCUT2D eigenvalue weighted by atomic mass is 15.3. The van der Waals surface area contributed by atoms with Crippen molar-refractivity contribution in [1.82, 2.24) is 20.4 Å². The lowest BCUT2D eigenvalue weighted by Crippen LogP contribution is -2.46. The average Bonchev–Trinajstić information content (AvgIpc) is 2.67. The summed E-state index contributed by atoms with van der Waals surface area (Å²) in [6.45, 7) is 16.4. The number of rotatable bonds is 9. The molecule has 5 nitrogen and oxygen atoms in total. The van der Waals surface area contributed by atoms with Crippen LogP contribution in [0.25, 0.3) is 0 Å². The molecule has 1 aromatic rings. The molecule has 0 aliphatic carbocycles. The molecule has 1 aliphatic heterocycles. The fraction of sp³-hybridized carbons (Fsp3) is 0.667. The quantitative estimate of drug-likeness (QED) is 0.404. The molecular formula is C21H37N5. The van der Waals surface area contributed by atoms with Crippen molar-refractivity contribution in [2.75, 3.05) is 52.4 Å². The van der Waals surface area contributed by atoms with Gasteiger partial charge in [-0.25, -0.2) is 4.99 Å². The summed E-state index contributed by atoms with van der Waals surface area (Å²) in [4.78, 5) is 9.86. The van der Waals surface area contributed by atoms with Gasteiger partial charge < -0.3 is 20.4 Å². The van der Waals surface area contributed by atoms with Crippen molar-refractivity contribution in [3.05, 3.63) is 35.4 Å². The molecule has 1 heterocycles. The Morgan fingerprint density at radius 3 is 2.42 bits per heavy atom. The number of likely N-dealkylation sites (N-methyl/N-ethyl adjacent to an activating group) is 1. The van der Waals surface area contributed by atoms with Crippen LogP contribution in [-0.4, -0.2) is 68.1 Å². The summed E-state index contributed by atoms with van der Waals surface area (Å²) >= 11 is 0. The summed E-state index contributed by atoms with van der Waals surface area (Å²) in [5, 5.41) is 6.82. The number of hydrogen-bond donors (Lipinski definition) is 2. The number of piperazine rings is 1. The summed E-state index contributed by atoms with van der Waals surface area (Å²) in [6.07, 6.45) is 2.43. The maximum Gasteiger partial charge on any atom is 0.191 e. The lowest BCUT2D eigenvalue weighted by molar-refractivity contribution is 0.136. The Balaban J connectivity index is 1.65. The van der Waals surface area contributed by atoms with Crippen molar-refractivity contribution < 1.29 is 0 Å². The number of aliphatic imine (C=N–C) groups is 1. The molecule has 0 aromatic heterocycles. The van der Waals surface area contributed by atoms with E-state index >= 15 is 0 Å². The Labute approximate surface area is 159 Å². The minimum Gasteiger partial charge on any atom is -0.357 e. The van der Waals surface area contributed by atoms with Crippen molar-refractivity contribution in [2.45, 2.75) is 40.2 Å². The van der Waals surface area contributed by atoms with Crippen LogP contribution in [0, 0.1) is 6.92 Å². The van der Waals surface area contributed by atoms with Gasteiger partial charge in [-0.15, -0.1) is 0 Å². The molecule has 1 saturated heterocycles. The van der Waals surface area contributed by atoms with Crippen LogP contribution < -0.4 is 10.6 Å². The molecule has 0 bridgehead atoms. The second kappa shape index (κ2) is 11.9. The third-order valence-electron chi connectivity index (χ3n) is 5.12. The molecule has 1 aromatic carbocycles. The van der Waals surface area contributed by atoms with Crippen molar-refractivity contribution in [3.8, 4) is 0 Å². The molecule has 0 unspecified atom stereocenters. The first-order valence-corrected chi connectivity index (χ1v) is 10.2. The Kier molecular flexibility index (Phi) is 9.50. The molecule has 146 valence electrons. The molecule has 1 fully saturated rings. The number of nitrogens with zero attached hydrogens (tertiary/aromatic N) is 3. The molecular weight excluding hydrogens is 322 g/mol. The molecule has 0 spiro atoms. The number of benzene rings is 1. The van der Waals surface area contributed by atoms with E-state index in [0.717, 1.165) is 25.6 Å². The second-order valence-electron chi connectivity index (χ2n) is 7.03. The normalized spacial score (nSPS) is 16.7. The largest absolute Gasteiger partial charge is 0.357 e. The van der Waals surface area contributed by atoms with Crippen molar-refractivity contribution in [2.24, 2.45) is 4.99 Å². The van der Waals surface area contributed by atoms with Gasteiger partial charge in [-0.3, -0.25) is 0 Å². The smallest absolute Gasteiger partial charge is 0.191 e. The fourth-order valence-electron chi connectivity index (χ4n) is 3.29. The highest BCUT2D eigenvalue weighted by molar-refractivity contribution is 5.79. The Morgan fingerprint density at radius 1 is 1.00 bits per heavy atom. The molecule has 26 heavy (non-hydrogen) atoms. The van der Waals surface area contributed by atoms with Crippen molar-refractivity contribution in [1.29, 1.82) is 0 Å². The van der Waals surface area contributed by atoms with E-state index in [2.05, 4.69) is 65.5 Å². The van der Waals surface area contributed by atoms with Crippen LogP contribution in [0.2, 0.25) is 0 Å². The van der Waals surface area contributed by atoms with Crippen molar-refractivity contribution >= 4 is 5.96 Å².